The van der Waals surface area contributed by atoms with Crippen LogP contribution >= 0.6 is 0 Å². The van der Waals surface area contributed by atoms with Crippen molar-refractivity contribution < 1.29 is 0 Å². The van der Waals surface area contributed by atoms with Gasteiger partial charge in [0.15, 0.2) is 0 Å². The van der Waals surface area contributed by atoms with Gasteiger partial charge in [-0.3, -0.25) is 0 Å². The zero-order valence-electron chi connectivity index (χ0n) is 28.1. The van der Waals surface area contributed by atoms with Gasteiger partial charge in [0.2, 0.25) is 0 Å². The summed E-state index contributed by atoms with van der Waals surface area (Å²) in [6, 6.07) is 60.5. The molecule has 49 heavy (non-hydrogen) atoms. The fourth-order valence-corrected chi connectivity index (χ4v) is 7.58. The summed E-state index contributed by atoms with van der Waals surface area (Å²) in [6.45, 7) is 6.72. The van der Waals surface area contributed by atoms with E-state index in [9.17, 15) is 0 Å². The molecule has 0 aromatic heterocycles. The van der Waals surface area contributed by atoms with Gasteiger partial charge >= 0.3 is 0 Å². The highest BCUT2D eigenvalue weighted by molar-refractivity contribution is 6.13. The van der Waals surface area contributed by atoms with Gasteiger partial charge in [-0.05, 0) is 157 Å². The summed E-state index contributed by atoms with van der Waals surface area (Å²) in [7, 11) is 0. The molecule has 1 aliphatic rings. The third-order valence-electron chi connectivity index (χ3n) is 10.2. The first-order valence-corrected chi connectivity index (χ1v) is 17.3. The predicted octanol–water partition coefficient (Wildman–Crippen LogP) is 13.9. The molecule has 0 saturated heterocycles. The van der Waals surface area contributed by atoms with Gasteiger partial charge in [-0.1, -0.05) is 111 Å². The standard InChI is InChI=1S/C48H37N/c1-31(2)35-18-12-19-40(23-35)49(48-20-11-10-13-32(48)3)41-22-21-36-25-44-45(28-37(36)24-41)47-30-39-27-43(34-16-8-5-9-17-34)42(26-38(39)29-46(44)47)33-14-6-4-7-15-33/h4-31H,1-3H3. The van der Waals surface area contributed by atoms with Crippen LogP contribution in [0.25, 0.3) is 66.1 Å². The largest absolute Gasteiger partial charge is 0.310 e. The first kappa shape index (κ1) is 29.2. The maximum Gasteiger partial charge on any atom is 0.0490 e. The van der Waals surface area contributed by atoms with Crippen molar-refractivity contribution in [3.05, 3.63) is 175 Å². The molecule has 0 radical (unpaired) electrons. The normalized spacial score (nSPS) is 11.8. The average molecular weight is 628 g/mol. The molecule has 0 unspecified atom stereocenters. The first-order valence-electron chi connectivity index (χ1n) is 17.3. The molecule has 8 aromatic rings. The van der Waals surface area contributed by atoms with Crippen molar-refractivity contribution in [1.82, 2.24) is 0 Å². The van der Waals surface area contributed by atoms with Gasteiger partial charge in [0.05, 0.1) is 0 Å². The van der Waals surface area contributed by atoms with Crippen LogP contribution in [0.4, 0.5) is 17.1 Å². The SMILES string of the molecule is Cc1ccccc1N(c1cccc(C(C)C)c1)c1ccc2cc3c(cc2c1)-c1cc2cc(-c4ccccc4)c(-c4ccccc4)cc2cc1-3. The molecule has 0 atom stereocenters. The second kappa shape index (κ2) is 11.6. The molecular formula is C48H37N. The highest BCUT2D eigenvalue weighted by atomic mass is 15.1. The molecule has 234 valence electrons. The number of fused-ring (bicyclic) bond motifs is 6. The predicted molar refractivity (Wildman–Crippen MR) is 210 cm³/mol. The zero-order chi connectivity index (χ0) is 33.1. The van der Waals surface area contributed by atoms with Crippen LogP contribution in [0.5, 0.6) is 0 Å². The van der Waals surface area contributed by atoms with Crippen LogP contribution in [0.3, 0.4) is 0 Å². The lowest BCUT2D eigenvalue weighted by molar-refractivity contribution is 0.866. The van der Waals surface area contributed by atoms with Crippen LogP contribution in [0.2, 0.25) is 0 Å². The first-order chi connectivity index (χ1) is 24.0. The van der Waals surface area contributed by atoms with E-state index >= 15 is 0 Å². The summed E-state index contributed by atoms with van der Waals surface area (Å²) in [5.41, 5.74) is 16.5. The summed E-state index contributed by atoms with van der Waals surface area (Å²) in [5, 5.41) is 5.06. The molecule has 1 heteroatoms. The van der Waals surface area contributed by atoms with Crippen LogP contribution in [0.1, 0.15) is 30.9 Å². The third kappa shape index (κ3) is 5.02. The molecule has 0 spiro atoms. The monoisotopic (exact) mass is 627 g/mol. The van der Waals surface area contributed by atoms with Crippen molar-refractivity contribution in [2.45, 2.75) is 26.7 Å². The topological polar surface area (TPSA) is 3.24 Å². The van der Waals surface area contributed by atoms with Gasteiger partial charge in [-0.2, -0.15) is 0 Å². The van der Waals surface area contributed by atoms with E-state index in [0.717, 1.165) is 0 Å². The van der Waals surface area contributed by atoms with Crippen LogP contribution in [-0.4, -0.2) is 0 Å². The van der Waals surface area contributed by atoms with E-state index in [1.54, 1.807) is 0 Å². The van der Waals surface area contributed by atoms with E-state index in [1.807, 2.05) is 0 Å². The summed E-state index contributed by atoms with van der Waals surface area (Å²) >= 11 is 0. The number of benzene rings is 8. The van der Waals surface area contributed by atoms with Crippen molar-refractivity contribution in [3.8, 4) is 44.5 Å². The number of nitrogens with zero attached hydrogens (tertiary/aromatic N) is 1. The lowest BCUT2D eigenvalue weighted by Crippen LogP contribution is -2.11. The highest BCUT2D eigenvalue weighted by Gasteiger charge is 2.25. The molecule has 8 aromatic carbocycles. The summed E-state index contributed by atoms with van der Waals surface area (Å²) < 4.78 is 0. The van der Waals surface area contributed by atoms with Crippen LogP contribution in [0.15, 0.2) is 164 Å². The van der Waals surface area contributed by atoms with Crippen LogP contribution < -0.4 is 4.90 Å². The maximum absolute atomic E-state index is 2.41. The summed E-state index contributed by atoms with van der Waals surface area (Å²) in [6.07, 6.45) is 0. The molecule has 0 bridgehead atoms. The van der Waals surface area contributed by atoms with Gasteiger partial charge in [0.25, 0.3) is 0 Å². The fourth-order valence-electron chi connectivity index (χ4n) is 7.58. The van der Waals surface area contributed by atoms with Crippen LogP contribution in [-0.2, 0) is 0 Å². The Balaban J connectivity index is 1.17. The highest BCUT2D eigenvalue weighted by Crippen LogP contribution is 2.51. The Morgan fingerprint density at radius 2 is 0.878 bits per heavy atom. The number of rotatable bonds is 6. The molecule has 1 nitrogen and oxygen atoms in total. The molecule has 0 heterocycles. The second-order valence-corrected chi connectivity index (χ2v) is 13.7. The molecule has 0 N–H and O–H groups in total. The molecule has 0 saturated carbocycles. The molecule has 1 aliphatic carbocycles. The average Bonchev–Trinajstić information content (AvgIpc) is 3.14. The Hall–Kier alpha value is -5.92. The van der Waals surface area contributed by atoms with Crippen molar-refractivity contribution in [1.29, 1.82) is 0 Å². The van der Waals surface area contributed by atoms with Gasteiger partial charge in [-0.25, -0.2) is 0 Å². The number of hydrogen-bond acceptors (Lipinski definition) is 1. The third-order valence-corrected chi connectivity index (χ3v) is 10.2. The number of anilines is 3. The minimum Gasteiger partial charge on any atom is -0.310 e. The minimum absolute atomic E-state index is 0.457. The number of para-hydroxylation sites is 1. The van der Waals surface area contributed by atoms with E-state index in [-0.39, 0.29) is 0 Å². The Bertz CT molecular complexity index is 2520. The van der Waals surface area contributed by atoms with E-state index < -0.39 is 0 Å². The molecule has 9 rings (SSSR count). The Labute approximate surface area is 288 Å². The van der Waals surface area contributed by atoms with E-state index in [1.165, 1.54) is 94.2 Å². The van der Waals surface area contributed by atoms with Crippen molar-refractivity contribution >= 4 is 38.6 Å². The summed E-state index contributed by atoms with van der Waals surface area (Å²) in [5.74, 6) is 0.457. The lowest BCUT2D eigenvalue weighted by atomic mass is 9.77. The van der Waals surface area contributed by atoms with E-state index in [2.05, 4.69) is 189 Å². The molecule has 0 fully saturated rings. The van der Waals surface area contributed by atoms with Crippen molar-refractivity contribution in [3.63, 3.8) is 0 Å². The van der Waals surface area contributed by atoms with Crippen LogP contribution in [0, 0.1) is 6.92 Å². The van der Waals surface area contributed by atoms with E-state index in [0.29, 0.717) is 5.92 Å². The van der Waals surface area contributed by atoms with Gasteiger partial charge in [-0.15, -0.1) is 0 Å². The molecular weight excluding hydrogens is 591 g/mol. The number of aryl methyl sites for hydroxylation is 1. The summed E-state index contributed by atoms with van der Waals surface area (Å²) in [4.78, 5) is 2.41. The lowest BCUT2D eigenvalue weighted by Gasteiger charge is -2.29. The maximum atomic E-state index is 2.41. The fraction of sp³-hybridized carbons (Fsp3) is 0.0833. The van der Waals surface area contributed by atoms with Crippen molar-refractivity contribution in [2.75, 3.05) is 4.90 Å². The van der Waals surface area contributed by atoms with Crippen molar-refractivity contribution in [2.24, 2.45) is 0 Å². The minimum atomic E-state index is 0.457. The van der Waals surface area contributed by atoms with Gasteiger partial charge in [0, 0.05) is 17.1 Å². The molecule has 0 aliphatic heterocycles. The smallest absolute Gasteiger partial charge is 0.0490 e. The quantitative estimate of drug-likeness (QED) is 0.177. The van der Waals surface area contributed by atoms with Gasteiger partial charge < -0.3 is 4.90 Å². The number of hydrogen-bond donors (Lipinski definition) is 0. The molecule has 0 amide bonds. The Morgan fingerprint density at radius 3 is 1.45 bits per heavy atom. The Kier molecular flexibility index (Phi) is 6.95. The Morgan fingerprint density at radius 1 is 0.388 bits per heavy atom. The second-order valence-electron chi connectivity index (χ2n) is 13.7. The van der Waals surface area contributed by atoms with Gasteiger partial charge in [0.1, 0.15) is 0 Å². The van der Waals surface area contributed by atoms with E-state index in [4.69, 9.17) is 0 Å². The zero-order valence-corrected chi connectivity index (χ0v) is 28.1.